The van der Waals surface area contributed by atoms with Gasteiger partial charge in [0.15, 0.2) is 0 Å². The van der Waals surface area contributed by atoms with Crippen LogP contribution in [0.1, 0.15) is 13.8 Å². The van der Waals surface area contributed by atoms with Crippen LogP contribution in [0.2, 0.25) is 0 Å². The highest BCUT2D eigenvalue weighted by Crippen LogP contribution is 2.07. The van der Waals surface area contributed by atoms with E-state index in [2.05, 4.69) is 15.5 Å². The maximum atomic E-state index is 11.1. The number of nitrogens with one attached hydrogen (secondary N) is 2. The van der Waals surface area contributed by atoms with Crippen molar-refractivity contribution in [3.05, 3.63) is 12.4 Å². The van der Waals surface area contributed by atoms with E-state index in [1.165, 1.54) is 26.2 Å². The van der Waals surface area contributed by atoms with Crippen molar-refractivity contribution >= 4 is 11.6 Å². The monoisotopic (exact) mass is 169 g/mol. The van der Waals surface area contributed by atoms with E-state index in [4.69, 9.17) is 0 Å². The average Bonchev–Trinajstić information content (AvgIpc) is 2.37. The van der Waals surface area contributed by atoms with Crippen LogP contribution in [-0.2, 0) is 4.79 Å². The third-order valence-corrected chi connectivity index (χ3v) is 1.31. The number of amides is 1. The van der Waals surface area contributed by atoms with Crippen molar-refractivity contribution in [1.82, 2.24) is 10.2 Å². The van der Waals surface area contributed by atoms with Crippen molar-refractivity contribution in [2.24, 2.45) is 0 Å². The Morgan fingerprint density at radius 2 is 2.42 bits per heavy atom. The molecule has 0 saturated carbocycles. The normalized spacial score (nSPS) is 11.2. The molecule has 0 unspecified atom stereocenters. The average molecular weight is 169 g/mol. The first kappa shape index (κ1) is 8.73. The van der Waals surface area contributed by atoms with Gasteiger partial charge in [0.25, 0.3) is 5.91 Å². The summed E-state index contributed by atoms with van der Waals surface area (Å²) < 4.78 is 0. The number of anilines is 1. The Bertz CT molecular complexity index is 261. The standard InChI is InChI=1S/C7H11N3O2/c1-7(2,12)6(11)10-5-3-8-9-4-5/h3-4,12H,1-2H3,(H,8,9)(H,10,11). The van der Waals surface area contributed by atoms with Crippen molar-refractivity contribution < 1.29 is 9.90 Å². The van der Waals surface area contributed by atoms with Gasteiger partial charge in [-0.15, -0.1) is 0 Å². The molecule has 0 radical (unpaired) electrons. The minimum Gasteiger partial charge on any atom is -0.381 e. The van der Waals surface area contributed by atoms with E-state index >= 15 is 0 Å². The largest absolute Gasteiger partial charge is 0.381 e. The summed E-state index contributed by atoms with van der Waals surface area (Å²) in [5.41, 5.74) is -0.820. The molecule has 1 amide bonds. The van der Waals surface area contributed by atoms with Crippen LogP contribution in [0.4, 0.5) is 5.69 Å². The first-order valence-electron chi connectivity index (χ1n) is 3.53. The number of hydrogen-bond acceptors (Lipinski definition) is 3. The van der Waals surface area contributed by atoms with Gasteiger partial charge in [0, 0.05) is 6.20 Å². The van der Waals surface area contributed by atoms with E-state index < -0.39 is 11.5 Å². The predicted octanol–water partition coefficient (Wildman–Crippen LogP) is 0.119. The van der Waals surface area contributed by atoms with E-state index in [0.29, 0.717) is 5.69 Å². The smallest absolute Gasteiger partial charge is 0.255 e. The first-order valence-corrected chi connectivity index (χ1v) is 3.53. The van der Waals surface area contributed by atoms with E-state index in [9.17, 15) is 9.90 Å². The summed E-state index contributed by atoms with van der Waals surface area (Å²) in [5.74, 6) is -0.455. The summed E-state index contributed by atoms with van der Waals surface area (Å²) in [6.45, 7) is 2.84. The van der Waals surface area contributed by atoms with Crippen LogP contribution in [0.15, 0.2) is 12.4 Å². The molecule has 1 aromatic heterocycles. The van der Waals surface area contributed by atoms with Gasteiger partial charge in [0.05, 0.1) is 11.9 Å². The summed E-state index contributed by atoms with van der Waals surface area (Å²) in [5, 5.41) is 17.9. The number of nitrogens with zero attached hydrogens (tertiary/aromatic N) is 1. The summed E-state index contributed by atoms with van der Waals surface area (Å²) in [7, 11) is 0. The zero-order valence-electron chi connectivity index (χ0n) is 6.96. The summed E-state index contributed by atoms with van der Waals surface area (Å²) in [6.07, 6.45) is 2.99. The molecule has 0 spiro atoms. The quantitative estimate of drug-likeness (QED) is 0.588. The molecule has 12 heavy (non-hydrogen) atoms. The maximum Gasteiger partial charge on any atom is 0.255 e. The number of rotatable bonds is 2. The fourth-order valence-corrected chi connectivity index (χ4v) is 0.603. The molecule has 1 heterocycles. The molecule has 0 bridgehead atoms. The van der Waals surface area contributed by atoms with Crippen LogP contribution in [0.3, 0.4) is 0 Å². The van der Waals surface area contributed by atoms with Crippen molar-refractivity contribution in [2.45, 2.75) is 19.4 Å². The SMILES string of the molecule is CC(C)(O)C(=O)Nc1cn[nH]c1. The second-order valence-electron chi connectivity index (χ2n) is 3.00. The predicted molar refractivity (Wildman–Crippen MR) is 43.5 cm³/mol. The summed E-state index contributed by atoms with van der Waals surface area (Å²) in [4.78, 5) is 11.1. The second-order valence-corrected chi connectivity index (χ2v) is 3.00. The Morgan fingerprint density at radius 1 is 1.75 bits per heavy atom. The molecule has 3 N–H and O–H groups in total. The Balaban J connectivity index is 2.60. The zero-order chi connectivity index (χ0) is 9.19. The lowest BCUT2D eigenvalue weighted by Crippen LogP contribution is -2.36. The number of H-pyrrole nitrogens is 1. The molecule has 0 aliphatic heterocycles. The minimum atomic E-state index is -1.36. The fraction of sp³-hybridized carbons (Fsp3) is 0.429. The van der Waals surface area contributed by atoms with Crippen molar-refractivity contribution in [1.29, 1.82) is 0 Å². The van der Waals surface area contributed by atoms with Gasteiger partial charge in [-0.1, -0.05) is 0 Å². The lowest BCUT2D eigenvalue weighted by molar-refractivity contribution is -0.130. The van der Waals surface area contributed by atoms with Gasteiger partial charge in [-0.25, -0.2) is 0 Å². The van der Waals surface area contributed by atoms with Gasteiger partial charge in [-0.05, 0) is 13.8 Å². The molecule has 0 aliphatic carbocycles. The van der Waals surface area contributed by atoms with Crippen molar-refractivity contribution in [3.63, 3.8) is 0 Å². The number of hydrogen-bond donors (Lipinski definition) is 3. The lowest BCUT2D eigenvalue weighted by Gasteiger charge is -2.15. The zero-order valence-corrected chi connectivity index (χ0v) is 6.96. The Morgan fingerprint density at radius 3 is 2.83 bits per heavy atom. The van der Waals surface area contributed by atoms with Crippen molar-refractivity contribution in [2.75, 3.05) is 5.32 Å². The van der Waals surface area contributed by atoms with Crippen LogP contribution in [-0.4, -0.2) is 26.8 Å². The third kappa shape index (κ3) is 2.06. The van der Waals surface area contributed by atoms with E-state index in [1.54, 1.807) is 0 Å². The second kappa shape index (κ2) is 2.94. The Labute approximate surface area is 69.8 Å². The molecular weight excluding hydrogens is 158 g/mol. The van der Waals surface area contributed by atoms with Crippen LogP contribution in [0, 0.1) is 0 Å². The molecule has 66 valence electrons. The first-order chi connectivity index (χ1) is 5.50. The number of aromatic nitrogens is 2. The van der Waals surface area contributed by atoms with Crippen LogP contribution >= 0.6 is 0 Å². The highest BCUT2D eigenvalue weighted by molar-refractivity contribution is 5.96. The molecule has 0 aliphatic rings. The molecule has 0 atom stereocenters. The van der Waals surface area contributed by atoms with E-state index in [-0.39, 0.29) is 0 Å². The fourth-order valence-electron chi connectivity index (χ4n) is 0.603. The molecule has 1 aromatic rings. The van der Waals surface area contributed by atoms with Gasteiger partial charge in [-0.2, -0.15) is 5.10 Å². The summed E-state index contributed by atoms with van der Waals surface area (Å²) >= 11 is 0. The van der Waals surface area contributed by atoms with Crippen LogP contribution < -0.4 is 5.32 Å². The van der Waals surface area contributed by atoms with Crippen molar-refractivity contribution in [3.8, 4) is 0 Å². The Kier molecular flexibility index (Phi) is 2.14. The van der Waals surface area contributed by atoms with E-state index in [0.717, 1.165) is 0 Å². The highest BCUT2D eigenvalue weighted by atomic mass is 16.3. The molecule has 0 aromatic carbocycles. The number of carbonyl (C=O) groups is 1. The summed E-state index contributed by atoms with van der Waals surface area (Å²) in [6, 6.07) is 0. The molecular formula is C7H11N3O2. The lowest BCUT2D eigenvalue weighted by atomic mass is 10.1. The number of aliphatic hydroxyl groups is 1. The van der Waals surface area contributed by atoms with Gasteiger partial charge in [-0.3, -0.25) is 9.89 Å². The molecule has 5 heteroatoms. The van der Waals surface area contributed by atoms with Gasteiger partial charge in [0.2, 0.25) is 0 Å². The van der Waals surface area contributed by atoms with E-state index in [1.807, 2.05) is 0 Å². The minimum absolute atomic E-state index is 0.455. The molecule has 0 fully saturated rings. The molecule has 5 nitrogen and oxygen atoms in total. The molecule has 1 rings (SSSR count). The highest BCUT2D eigenvalue weighted by Gasteiger charge is 2.23. The Hall–Kier alpha value is -1.36. The molecule has 0 saturated heterocycles. The third-order valence-electron chi connectivity index (χ3n) is 1.31. The number of aromatic amines is 1. The maximum absolute atomic E-state index is 11.1. The van der Waals surface area contributed by atoms with Gasteiger partial charge in [0.1, 0.15) is 5.60 Å². The van der Waals surface area contributed by atoms with Crippen LogP contribution in [0.5, 0.6) is 0 Å². The number of carbonyl (C=O) groups excluding carboxylic acids is 1. The van der Waals surface area contributed by atoms with Gasteiger partial charge < -0.3 is 10.4 Å². The topological polar surface area (TPSA) is 78.0 Å². The van der Waals surface area contributed by atoms with Gasteiger partial charge >= 0.3 is 0 Å². The van der Waals surface area contributed by atoms with Crippen LogP contribution in [0.25, 0.3) is 0 Å².